The zero-order chi connectivity index (χ0) is 13.0. The molecule has 1 heterocycles. The van der Waals surface area contributed by atoms with Gasteiger partial charge < -0.3 is 10.4 Å². The van der Waals surface area contributed by atoms with E-state index in [1.54, 1.807) is 0 Å². The van der Waals surface area contributed by atoms with Crippen LogP contribution in [0, 0.1) is 6.92 Å². The first-order valence-electron chi connectivity index (χ1n) is 5.60. The molecule has 0 radical (unpaired) electrons. The van der Waals surface area contributed by atoms with Gasteiger partial charge in [-0.3, -0.25) is 0 Å². The van der Waals surface area contributed by atoms with Crippen molar-refractivity contribution < 1.29 is 5.11 Å². The fourth-order valence-corrected chi connectivity index (χ4v) is 1.69. The number of aliphatic hydroxyl groups is 1. The molecule has 2 N–H and O–H groups in total. The van der Waals surface area contributed by atoms with Crippen LogP contribution in [0.3, 0.4) is 0 Å². The van der Waals surface area contributed by atoms with E-state index in [0.717, 1.165) is 22.5 Å². The Bertz CT molecular complexity index is 528. The van der Waals surface area contributed by atoms with Gasteiger partial charge in [0.15, 0.2) is 0 Å². The lowest BCUT2D eigenvalue weighted by Crippen LogP contribution is -2.04. The summed E-state index contributed by atoms with van der Waals surface area (Å²) in [5.41, 5.74) is 2.85. The molecule has 0 aliphatic carbocycles. The monoisotopic (exact) mass is 263 g/mol. The van der Waals surface area contributed by atoms with Gasteiger partial charge >= 0.3 is 0 Å². The van der Waals surface area contributed by atoms with Gasteiger partial charge in [0, 0.05) is 12.1 Å². The largest absolute Gasteiger partial charge is 0.392 e. The molecule has 0 atom stereocenters. The second kappa shape index (κ2) is 5.80. The summed E-state index contributed by atoms with van der Waals surface area (Å²) in [5.74, 6) is 0.737. The van der Waals surface area contributed by atoms with Crippen molar-refractivity contribution in [3.05, 3.63) is 52.4 Å². The summed E-state index contributed by atoms with van der Waals surface area (Å²) in [5, 5.41) is 12.6. The molecule has 0 saturated heterocycles. The second-order valence-corrected chi connectivity index (χ2v) is 4.32. The zero-order valence-electron chi connectivity index (χ0n) is 10.0. The first-order valence-corrected chi connectivity index (χ1v) is 5.98. The SMILES string of the molecule is Cc1c(Cl)ncnc1NCc1ccc(CO)cc1. The summed E-state index contributed by atoms with van der Waals surface area (Å²) in [6, 6.07) is 7.74. The summed E-state index contributed by atoms with van der Waals surface area (Å²) in [6.07, 6.45) is 1.44. The lowest BCUT2D eigenvalue weighted by molar-refractivity contribution is 0.282. The van der Waals surface area contributed by atoms with Crippen molar-refractivity contribution in [3.8, 4) is 0 Å². The van der Waals surface area contributed by atoms with Crippen LogP contribution in [0.5, 0.6) is 0 Å². The molecule has 0 spiro atoms. The third kappa shape index (κ3) is 2.97. The number of nitrogens with one attached hydrogen (secondary N) is 1. The molecule has 0 unspecified atom stereocenters. The van der Waals surface area contributed by atoms with Crippen molar-refractivity contribution in [1.29, 1.82) is 0 Å². The summed E-state index contributed by atoms with van der Waals surface area (Å²) in [6.45, 7) is 2.59. The Kier molecular flexibility index (Phi) is 4.12. The molecule has 18 heavy (non-hydrogen) atoms. The highest BCUT2D eigenvalue weighted by molar-refractivity contribution is 6.30. The molecule has 5 heteroatoms. The van der Waals surface area contributed by atoms with Crippen molar-refractivity contribution in [2.75, 3.05) is 5.32 Å². The summed E-state index contributed by atoms with van der Waals surface area (Å²) in [7, 11) is 0. The van der Waals surface area contributed by atoms with Crippen molar-refractivity contribution in [3.63, 3.8) is 0 Å². The van der Waals surface area contributed by atoms with Crippen LogP contribution >= 0.6 is 11.6 Å². The molecule has 2 aromatic rings. The van der Waals surface area contributed by atoms with Gasteiger partial charge in [0.2, 0.25) is 0 Å². The highest BCUT2D eigenvalue weighted by atomic mass is 35.5. The van der Waals surface area contributed by atoms with Gasteiger partial charge in [-0.25, -0.2) is 9.97 Å². The molecular formula is C13H14ClN3O. The number of hydrogen-bond donors (Lipinski definition) is 2. The first-order chi connectivity index (χ1) is 8.70. The summed E-state index contributed by atoms with van der Waals surface area (Å²) < 4.78 is 0. The average molecular weight is 264 g/mol. The van der Waals surface area contributed by atoms with E-state index in [0.29, 0.717) is 11.7 Å². The maximum Gasteiger partial charge on any atom is 0.137 e. The highest BCUT2D eigenvalue weighted by Gasteiger charge is 2.04. The lowest BCUT2D eigenvalue weighted by atomic mass is 10.1. The van der Waals surface area contributed by atoms with E-state index in [1.807, 2.05) is 31.2 Å². The van der Waals surface area contributed by atoms with E-state index in [4.69, 9.17) is 16.7 Å². The Labute approximate surface area is 111 Å². The fraction of sp³-hybridized carbons (Fsp3) is 0.231. The van der Waals surface area contributed by atoms with Gasteiger partial charge in [-0.1, -0.05) is 35.9 Å². The van der Waals surface area contributed by atoms with Crippen LogP contribution in [0.1, 0.15) is 16.7 Å². The molecule has 4 nitrogen and oxygen atoms in total. The van der Waals surface area contributed by atoms with Crippen LogP contribution in [0.4, 0.5) is 5.82 Å². The summed E-state index contributed by atoms with van der Waals surface area (Å²) in [4.78, 5) is 8.04. The zero-order valence-corrected chi connectivity index (χ0v) is 10.8. The smallest absolute Gasteiger partial charge is 0.137 e. The van der Waals surface area contributed by atoms with Crippen molar-refractivity contribution in [2.45, 2.75) is 20.1 Å². The lowest BCUT2D eigenvalue weighted by Gasteiger charge is -2.09. The van der Waals surface area contributed by atoms with Gasteiger partial charge in [0.05, 0.1) is 6.61 Å². The Morgan fingerprint density at radius 3 is 2.50 bits per heavy atom. The molecule has 2 rings (SSSR count). The Morgan fingerprint density at radius 1 is 1.17 bits per heavy atom. The Hall–Kier alpha value is -1.65. The van der Waals surface area contributed by atoms with Crippen molar-refractivity contribution >= 4 is 17.4 Å². The Balaban J connectivity index is 2.04. The normalized spacial score (nSPS) is 10.4. The van der Waals surface area contributed by atoms with Gasteiger partial charge in [0.25, 0.3) is 0 Å². The van der Waals surface area contributed by atoms with Crippen LogP contribution in [-0.2, 0) is 13.2 Å². The standard InChI is InChI=1S/C13H14ClN3O/c1-9-12(14)16-8-17-13(9)15-6-10-2-4-11(7-18)5-3-10/h2-5,8,18H,6-7H2,1H3,(H,15,16,17). The highest BCUT2D eigenvalue weighted by Crippen LogP contribution is 2.18. The molecule has 0 bridgehead atoms. The van der Waals surface area contributed by atoms with Crippen LogP contribution < -0.4 is 5.32 Å². The third-order valence-electron chi connectivity index (χ3n) is 2.69. The minimum Gasteiger partial charge on any atom is -0.392 e. The number of aromatic nitrogens is 2. The maximum absolute atomic E-state index is 8.96. The molecule has 0 aliphatic heterocycles. The van der Waals surface area contributed by atoms with Crippen LogP contribution in [0.15, 0.2) is 30.6 Å². The number of anilines is 1. The topological polar surface area (TPSA) is 58.0 Å². The molecule has 1 aromatic heterocycles. The van der Waals surface area contributed by atoms with Crippen LogP contribution in [-0.4, -0.2) is 15.1 Å². The van der Waals surface area contributed by atoms with E-state index in [1.165, 1.54) is 6.33 Å². The van der Waals surface area contributed by atoms with Gasteiger partial charge in [-0.05, 0) is 18.1 Å². The third-order valence-corrected chi connectivity index (χ3v) is 3.07. The first kappa shape index (κ1) is 12.8. The average Bonchev–Trinajstić information content (AvgIpc) is 2.41. The molecule has 0 saturated carbocycles. The summed E-state index contributed by atoms with van der Waals surface area (Å²) >= 11 is 5.92. The Morgan fingerprint density at radius 2 is 1.83 bits per heavy atom. The van der Waals surface area contributed by atoms with Crippen LogP contribution in [0.25, 0.3) is 0 Å². The molecule has 1 aromatic carbocycles. The molecular weight excluding hydrogens is 250 g/mol. The van der Waals surface area contributed by atoms with E-state index < -0.39 is 0 Å². The molecule has 94 valence electrons. The van der Waals surface area contributed by atoms with Gasteiger partial charge in [-0.2, -0.15) is 0 Å². The van der Waals surface area contributed by atoms with E-state index >= 15 is 0 Å². The predicted molar refractivity (Wildman–Crippen MR) is 71.5 cm³/mol. The number of nitrogens with zero attached hydrogens (tertiary/aromatic N) is 2. The number of hydrogen-bond acceptors (Lipinski definition) is 4. The molecule has 0 aliphatic rings. The maximum atomic E-state index is 8.96. The predicted octanol–water partition coefficient (Wildman–Crippen LogP) is 2.54. The van der Waals surface area contributed by atoms with E-state index in [2.05, 4.69) is 15.3 Å². The quantitative estimate of drug-likeness (QED) is 0.833. The number of halogens is 1. The van der Waals surface area contributed by atoms with E-state index in [-0.39, 0.29) is 6.61 Å². The van der Waals surface area contributed by atoms with Crippen molar-refractivity contribution in [1.82, 2.24) is 9.97 Å². The number of benzene rings is 1. The second-order valence-electron chi connectivity index (χ2n) is 3.97. The van der Waals surface area contributed by atoms with Crippen LogP contribution in [0.2, 0.25) is 5.15 Å². The van der Waals surface area contributed by atoms with E-state index in [9.17, 15) is 0 Å². The minimum absolute atomic E-state index is 0.0638. The number of rotatable bonds is 4. The molecule has 0 fully saturated rings. The molecule has 0 amide bonds. The fourth-order valence-electron chi connectivity index (χ4n) is 1.56. The van der Waals surface area contributed by atoms with Gasteiger partial charge in [0.1, 0.15) is 17.3 Å². The minimum atomic E-state index is 0.0638. The van der Waals surface area contributed by atoms with Gasteiger partial charge in [-0.15, -0.1) is 0 Å². The van der Waals surface area contributed by atoms with Crippen molar-refractivity contribution in [2.24, 2.45) is 0 Å². The number of aliphatic hydroxyl groups excluding tert-OH is 1.